The maximum absolute atomic E-state index is 10.2. The van der Waals surface area contributed by atoms with Gasteiger partial charge < -0.3 is 19.7 Å². The molecule has 2 N–H and O–H groups in total. The molecule has 0 aliphatic heterocycles. The predicted octanol–water partition coefficient (Wildman–Crippen LogP) is 2.86. The Morgan fingerprint density at radius 3 is 1.32 bits per heavy atom. The van der Waals surface area contributed by atoms with E-state index in [0.29, 0.717) is 0 Å². The van der Waals surface area contributed by atoms with E-state index in [9.17, 15) is 10.2 Å². The van der Waals surface area contributed by atoms with Crippen LogP contribution in [0.3, 0.4) is 0 Å². The molecule has 5 heteroatoms. The number of hydrogen-bond acceptors (Lipinski definition) is 4. The van der Waals surface area contributed by atoms with Crippen molar-refractivity contribution in [3.63, 3.8) is 0 Å². The fourth-order valence-electron chi connectivity index (χ4n) is 2.14. The summed E-state index contributed by atoms with van der Waals surface area (Å²) in [7, 11) is 3.19. The van der Waals surface area contributed by atoms with Gasteiger partial charge in [0, 0.05) is 32.3 Å². The quantitative estimate of drug-likeness (QED) is 0.853. The van der Waals surface area contributed by atoms with Crippen LogP contribution in [0.25, 0.3) is 0 Å². The van der Waals surface area contributed by atoms with Crippen LogP contribution in [-0.2, 0) is 25.8 Å². The average molecular weight is 333 g/mol. The topological polar surface area (TPSA) is 58.9 Å². The summed E-state index contributed by atoms with van der Waals surface area (Å²) in [6.45, 7) is 0. The van der Waals surface area contributed by atoms with Gasteiger partial charge in [-0.2, -0.15) is 0 Å². The first-order chi connectivity index (χ1) is 10.1. The molecular formula is C17H20O4Sc. The van der Waals surface area contributed by atoms with Gasteiger partial charge in [0.25, 0.3) is 0 Å². The van der Waals surface area contributed by atoms with Gasteiger partial charge in [-0.3, -0.25) is 0 Å². The molecule has 4 nitrogen and oxygen atoms in total. The minimum absolute atomic E-state index is 0. The van der Waals surface area contributed by atoms with Gasteiger partial charge in [0.2, 0.25) is 0 Å². The molecule has 0 aromatic heterocycles. The summed E-state index contributed by atoms with van der Waals surface area (Å²) in [5.74, 6) is 1.48. The van der Waals surface area contributed by atoms with Crippen molar-refractivity contribution in [1.82, 2.24) is 0 Å². The molecule has 0 saturated carbocycles. The van der Waals surface area contributed by atoms with Crippen LogP contribution < -0.4 is 9.47 Å². The number of ether oxygens (including phenoxy) is 2. The number of aliphatic hydroxyl groups excluding tert-OH is 2. The van der Waals surface area contributed by atoms with Crippen LogP contribution in [-0.4, -0.2) is 24.4 Å². The predicted molar refractivity (Wildman–Crippen MR) is 80.5 cm³/mol. The molecule has 0 fully saturated rings. The molecule has 2 aromatic rings. The van der Waals surface area contributed by atoms with Crippen molar-refractivity contribution in [3.8, 4) is 11.5 Å². The van der Waals surface area contributed by atoms with E-state index >= 15 is 0 Å². The van der Waals surface area contributed by atoms with Crippen molar-refractivity contribution in [2.45, 2.75) is 18.6 Å². The molecule has 0 aliphatic rings. The van der Waals surface area contributed by atoms with E-state index < -0.39 is 12.2 Å². The van der Waals surface area contributed by atoms with Crippen LogP contribution in [0.1, 0.15) is 29.8 Å². The van der Waals surface area contributed by atoms with Gasteiger partial charge in [0.15, 0.2) is 0 Å². The third kappa shape index (κ3) is 4.93. The zero-order valence-corrected chi connectivity index (χ0v) is 14.6. The minimum Gasteiger partial charge on any atom is -0.497 e. The van der Waals surface area contributed by atoms with E-state index in [-0.39, 0.29) is 32.3 Å². The molecule has 22 heavy (non-hydrogen) atoms. The maximum Gasteiger partial charge on any atom is 0.118 e. The molecule has 0 saturated heterocycles. The van der Waals surface area contributed by atoms with Gasteiger partial charge in [-0.15, -0.1) is 0 Å². The van der Waals surface area contributed by atoms with Crippen LogP contribution in [0.2, 0.25) is 0 Å². The van der Waals surface area contributed by atoms with Crippen LogP contribution in [0.4, 0.5) is 0 Å². The molecule has 2 unspecified atom stereocenters. The first-order valence-corrected chi connectivity index (χ1v) is 6.78. The van der Waals surface area contributed by atoms with Crippen molar-refractivity contribution < 1.29 is 45.5 Å². The summed E-state index contributed by atoms with van der Waals surface area (Å²) in [6, 6.07) is 14.3. The van der Waals surface area contributed by atoms with Gasteiger partial charge in [-0.05, 0) is 35.4 Å². The molecule has 1 radical (unpaired) electrons. The smallest absolute Gasteiger partial charge is 0.118 e. The van der Waals surface area contributed by atoms with Crippen molar-refractivity contribution in [3.05, 3.63) is 59.7 Å². The largest absolute Gasteiger partial charge is 0.497 e. The Kier molecular flexibility index (Phi) is 7.79. The minimum atomic E-state index is -0.729. The molecule has 0 aliphatic carbocycles. The van der Waals surface area contributed by atoms with Crippen molar-refractivity contribution in [2.24, 2.45) is 0 Å². The van der Waals surface area contributed by atoms with Gasteiger partial charge >= 0.3 is 0 Å². The second-order valence-corrected chi connectivity index (χ2v) is 4.81. The van der Waals surface area contributed by atoms with Gasteiger partial charge in [0.05, 0.1) is 26.4 Å². The zero-order chi connectivity index (χ0) is 15.2. The Balaban J connectivity index is 0.00000242. The number of rotatable bonds is 6. The van der Waals surface area contributed by atoms with Gasteiger partial charge in [0.1, 0.15) is 11.5 Å². The van der Waals surface area contributed by atoms with Crippen molar-refractivity contribution >= 4 is 0 Å². The number of benzene rings is 2. The molecule has 0 amide bonds. The fourth-order valence-corrected chi connectivity index (χ4v) is 2.14. The summed E-state index contributed by atoms with van der Waals surface area (Å²) >= 11 is 0. The third-order valence-corrected chi connectivity index (χ3v) is 3.45. The van der Waals surface area contributed by atoms with E-state index in [4.69, 9.17) is 9.47 Å². The van der Waals surface area contributed by atoms with E-state index in [1.807, 2.05) is 0 Å². The first kappa shape index (κ1) is 18.9. The van der Waals surface area contributed by atoms with Gasteiger partial charge in [-0.1, -0.05) is 24.3 Å². The van der Waals surface area contributed by atoms with Gasteiger partial charge in [-0.25, -0.2) is 0 Å². The van der Waals surface area contributed by atoms with E-state index in [2.05, 4.69) is 0 Å². The molecule has 2 aromatic carbocycles. The summed E-state index contributed by atoms with van der Waals surface area (Å²) in [6.07, 6.45) is -1.22. The zero-order valence-electron chi connectivity index (χ0n) is 12.8. The van der Waals surface area contributed by atoms with Crippen LogP contribution in [0.15, 0.2) is 48.5 Å². The van der Waals surface area contributed by atoms with Crippen LogP contribution >= 0.6 is 0 Å². The fraction of sp³-hybridized carbons (Fsp3) is 0.294. The third-order valence-electron chi connectivity index (χ3n) is 3.45. The SMILES string of the molecule is COc1ccc(C(O)CC(O)c2ccc(OC)cc2)cc1.[Sc]. The number of hydrogen-bond donors (Lipinski definition) is 2. The standard InChI is InChI=1S/C17H20O4.Sc/c1-20-14-7-3-12(4-8-14)16(18)11-17(19)13-5-9-15(21-2)10-6-13;/h3-10,16-19H,11H2,1-2H3;. The number of methoxy groups -OCH3 is 2. The summed E-state index contributed by atoms with van der Waals surface area (Å²) < 4.78 is 10.2. The van der Waals surface area contributed by atoms with Crippen LogP contribution in [0, 0.1) is 0 Å². The Hall–Kier alpha value is -1.17. The molecule has 2 atom stereocenters. The molecule has 2 rings (SSSR count). The van der Waals surface area contributed by atoms with E-state index in [1.54, 1.807) is 62.8 Å². The van der Waals surface area contributed by atoms with Crippen molar-refractivity contribution in [2.75, 3.05) is 14.2 Å². The van der Waals surface area contributed by atoms with Crippen LogP contribution in [0.5, 0.6) is 11.5 Å². The Morgan fingerprint density at radius 2 is 1.05 bits per heavy atom. The second-order valence-electron chi connectivity index (χ2n) is 4.81. The monoisotopic (exact) mass is 333 g/mol. The normalized spacial score (nSPS) is 12.9. The summed E-state index contributed by atoms with van der Waals surface area (Å²) in [5.41, 5.74) is 1.51. The number of aliphatic hydroxyl groups is 2. The Morgan fingerprint density at radius 1 is 0.727 bits per heavy atom. The Labute approximate surface area is 149 Å². The first-order valence-electron chi connectivity index (χ1n) is 6.78. The van der Waals surface area contributed by atoms with Crippen molar-refractivity contribution in [1.29, 1.82) is 0 Å². The summed E-state index contributed by atoms with van der Waals surface area (Å²) in [4.78, 5) is 0. The molecule has 0 spiro atoms. The second kappa shape index (κ2) is 9.08. The molecule has 0 heterocycles. The molecular weight excluding hydrogens is 313 g/mol. The van der Waals surface area contributed by atoms with E-state index in [1.165, 1.54) is 0 Å². The average Bonchev–Trinajstić information content (AvgIpc) is 2.55. The summed E-state index contributed by atoms with van der Waals surface area (Å²) in [5, 5.41) is 20.4. The Bertz CT molecular complexity index is 502. The maximum atomic E-state index is 10.2. The molecule has 0 bridgehead atoms. The molecule has 115 valence electrons. The van der Waals surface area contributed by atoms with E-state index in [0.717, 1.165) is 22.6 Å².